The number of nitrogens with zero attached hydrogens (tertiary/aromatic N) is 4. The van der Waals surface area contributed by atoms with E-state index in [1.807, 2.05) is 19.9 Å². The highest BCUT2D eigenvalue weighted by Crippen LogP contribution is 2.24. The van der Waals surface area contributed by atoms with Crippen LogP contribution in [0.3, 0.4) is 0 Å². The smallest absolute Gasteiger partial charge is 0.255 e. The van der Waals surface area contributed by atoms with Crippen LogP contribution in [0.5, 0.6) is 0 Å². The summed E-state index contributed by atoms with van der Waals surface area (Å²) in [6.07, 6.45) is 2.85. The van der Waals surface area contributed by atoms with Gasteiger partial charge in [0.25, 0.3) is 5.91 Å². The second kappa shape index (κ2) is 9.32. The summed E-state index contributed by atoms with van der Waals surface area (Å²) in [5, 5.41) is 15.5. The number of fused-ring (bicyclic) bond motifs is 1. The average Bonchev–Trinajstić information content (AvgIpc) is 3.18. The van der Waals surface area contributed by atoms with E-state index in [1.165, 1.54) is 26.2 Å². The van der Waals surface area contributed by atoms with E-state index in [0.717, 1.165) is 5.39 Å². The van der Waals surface area contributed by atoms with E-state index in [9.17, 15) is 9.18 Å². The van der Waals surface area contributed by atoms with Crippen molar-refractivity contribution in [1.82, 2.24) is 19.9 Å². The summed E-state index contributed by atoms with van der Waals surface area (Å²) in [7, 11) is -2.76. The standard InChI is InChI=1S/C23H27FN6O2/c1-14(2)29-18-9-20(30-7-6-16-8-15(10-25)11-27-21(16)30)26-12-17(18)22(31)28-13-19(24)23(3,4)32-5/h6-9,11-12,14,19H,13H2,1-5H3,(H,26,29)(H,28,31)/i5D3. The number of halogens is 1. The minimum absolute atomic E-state index is 0.0185. The summed E-state index contributed by atoms with van der Waals surface area (Å²) >= 11 is 0. The van der Waals surface area contributed by atoms with Crippen LogP contribution >= 0.6 is 0 Å². The first-order chi connectivity index (χ1) is 16.3. The number of hydrogen-bond acceptors (Lipinski definition) is 6. The molecule has 168 valence electrons. The molecule has 0 aliphatic rings. The average molecular weight is 442 g/mol. The predicted molar refractivity (Wildman–Crippen MR) is 121 cm³/mol. The van der Waals surface area contributed by atoms with Gasteiger partial charge in [-0.25, -0.2) is 14.4 Å². The number of nitriles is 1. The lowest BCUT2D eigenvalue weighted by Gasteiger charge is -2.27. The highest BCUT2D eigenvalue weighted by Gasteiger charge is 2.30. The van der Waals surface area contributed by atoms with Gasteiger partial charge in [-0.2, -0.15) is 5.26 Å². The van der Waals surface area contributed by atoms with Crippen molar-refractivity contribution in [2.45, 2.75) is 45.5 Å². The van der Waals surface area contributed by atoms with Crippen LogP contribution in [0.25, 0.3) is 16.9 Å². The molecule has 1 atom stereocenters. The topological polar surface area (TPSA) is 105 Å². The van der Waals surface area contributed by atoms with Gasteiger partial charge in [-0.05, 0) is 39.8 Å². The maximum atomic E-state index is 14.7. The van der Waals surface area contributed by atoms with Crippen molar-refractivity contribution in [3.63, 3.8) is 0 Å². The zero-order valence-electron chi connectivity index (χ0n) is 21.3. The minimum atomic E-state index is -2.76. The molecule has 1 amide bonds. The summed E-state index contributed by atoms with van der Waals surface area (Å²) in [4.78, 5) is 21.6. The molecule has 0 fully saturated rings. The van der Waals surface area contributed by atoms with Gasteiger partial charge in [0.05, 0.1) is 33.1 Å². The van der Waals surface area contributed by atoms with Crippen LogP contribution < -0.4 is 10.6 Å². The van der Waals surface area contributed by atoms with Gasteiger partial charge in [-0.3, -0.25) is 9.36 Å². The summed E-state index contributed by atoms with van der Waals surface area (Å²) in [5.74, 6) is -0.0822. The number of methoxy groups -OCH3 is 1. The molecule has 0 saturated carbocycles. The molecule has 3 heterocycles. The number of hydrogen-bond donors (Lipinski definition) is 2. The molecule has 1 unspecified atom stereocenters. The van der Waals surface area contributed by atoms with Crippen molar-refractivity contribution < 1.29 is 18.0 Å². The van der Waals surface area contributed by atoms with E-state index in [0.29, 0.717) is 22.7 Å². The van der Waals surface area contributed by atoms with Crippen LogP contribution in [0.2, 0.25) is 0 Å². The lowest BCUT2D eigenvalue weighted by molar-refractivity contribution is -0.0404. The molecular formula is C23H27FN6O2. The molecule has 0 radical (unpaired) electrons. The van der Waals surface area contributed by atoms with Gasteiger partial charge in [0.1, 0.15) is 23.7 Å². The van der Waals surface area contributed by atoms with E-state index >= 15 is 0 Å². The number of pyridine rings is 2. The Morgan fingerprint density at radius 3 is 2.84 bits per heavy atom. The maximum Gasteiger partial charge on any atom is 0.255 e. The Morgan fingerprint density at radius 2 is 2.16 bits per heavy atom. The number of alkyl halides is 1. The molecule has 2 N–H and O–H groups in total. The third-order valence-electron chi connectivity index (χ3n) is 4.94. The van der Waals surface area contributed by atoms with E-state index in [2.05, 4.69) is 26.7 Å². The number of ether oxygens (including phenoxy) is 1. The molecule has 8 nitrogen and oxygen atoms in total. The molecule has 9 heteroatoms. The zero-order valence-corrected chi connectivity index (χ0v) is 18.3. The second-order valence-corrected chi connectivity index (χ2v) is 8.20. The number of carbonyl (C=O) groups is 1. The Bertz CT molecular complexity index is 1270. The molecule has 3 aromatic heterocycles. The quantitative estimate of drug-likeness (QED) is 0.553. The largest absolute Gasteiger partial charge is 0.382 e. The number of anilines is 1. The Kier molecular flexibility index (Phi) is 5.59. The van der Waals surface area contributed by atoms with Crippen molar-refractivity contribution in [2.75, 3.05) is 18.9 Å². The highest BCUT2D eigenvalue weighted by atomic mass is 19.1. The first kappa shape index (κ1) is 19.2. The number of carbonyl (C=O) groups excluding carboxylic acids is 1. The van der Waals surface area contributed by atoms with Crippen LogP contribution in [0.4, 0.5) is 10.1 Å². The third kappa shape index (κ3) is 4.86. The highest BCUT2D eigenvalue weighted by molar-refractivity contribution is 5.99. The first-order valence-electron chi connectivity index (χ1n) is 11.6. The second-order valence-electron chi connectivity index (χ2n) is 8.20. The summed E-state index contributed by atoms with van der Waals surface area (Å²) in [6, 6.07) is 7.25. The fourth-order valence-electron chi connectivity index (χ4n) is 3.04. The predicted octanol–water partition coefficient (Wildman–Crippen LogP) is 3.61. The first-order valence-corrected chi connectivity index (χ1v) is 10.1. The fourth-order valence-corrected chi connectivity index (χ4v) is 3.04. The SMILES string of the molecule is [2H]C([2H])([2H])OC(C)(C)C(F)CNC(=O)c1cnc(-n2ccc3cc(C#N)cnc32)cc1NC(C)C. The molecule has 0 spiro atoms. The molecule has 0 saturated heterocycles. The van der Waals surface area contributed by atoms with Crippen molar-refractivity contribution in [2.24, 2.45) is 0 Å². The van der Waals surface area contributed by atoms with Crippen molar-refractivity contribution in [1.29, 1.82) is 5.26 Å². The summed E-state index contributed by atoms with van der Waals surface area (Å²) in [5.41, 5.74) is 0.0804. The van der Waals surface area contributed by atoms with Gasteiger partial charge < -0.3 is 15.4 Å². The van der Waals surface area contributed by atoms with Crippen LogP contribution in [-0.2, 0) is 4.74 Å². The Hall–Kier alpha value is -3.51. The number of amides is 1. The molecule has 0 aliphatic carbocycles. The van der Waals surface area contributed by atoms with Gasteiger partial charge in [0.2, 0.25) is 0 Å². The van der Waals surface area contributed by atoms with Crippen molar-refractivity contribution in [3.8, 4) is 11.9 Å². The van der Waals surface area contributed by atoms with Crippen molar-refractivity contribution >= 4 is 22.6 Å². The van der Waals surface area contributed by atoms with E-state index in [-0.39, 0.29) is 11.6 Å². The molecular weight excluding hydrogens is 411 g/mol. The number of aromatic nitrogens is 3. The fraction of sp³-hybridized carbons (Fsp3) is 0.391. The van der Waals surface area contributed by atoms with Crippen LogP contribution in [0, 0.1) is 11.3 Å². The van der Waals surface area contributed by atoms with E-state index < -0.39 is 31.3 Å². The normalized spacial score (nSPS) is 14.3. The van der Waals surface area contributed by atoms with Gasteiger partial charge in [0.15, 0.2) is 0 Å². The third-order valence-corrected chi connectivity index (χ3v) is 4.94. The Balaban J connectivity index is 1.85. The molecule has 3 aromatic rings. The van der Waals surface area contributed by atoms with Crippen LogP contribution in [0.15, 0.2) is 36.8 Å². The van der Waals surface area contributed by atoms with Gasteiger partial charge in [0, 0.05) is 43.1 Å². The van der Waals surface area contributed by atoms with Crippen LogP contribution in [-0.4, -0.2) is 51.8 Å². The zero-order chi connectivity index (χ0) is 26.0. The number of nitrogens with one attached hydrogen (secondary N) is 2. The van der Waals surface area contributed by atoms with E-state index in [4.69, 9.17) is 14.1 Å². The Labute approximate surface area is 190 Å². The lowest BCUT2D eigenvalue weighted by Crippen LogP contribution is -2.43. The summed E-state index contributed by atoms with van der Waals surface area (Å²) < 4.78 is 42.8. The molecule has 0 aromatic carbocycles. The molecule has 0 aliphatic heterocycles. The molecule has 3 rings (SSSR count). The molecule has 32 heavy (non-hydrogen) atoms. The van der Waals surface area contributed by atoms with Gasteiger partial charge >= 0.3 is 0 Å². The minimum Gasteiger partial charge on any atom is -0.382 e. The van der Waals surface area contributed by atoms with Gasteiger partial charge in [-0.15, -0.1) is 0 Å². The van der Waals surface area contributed by atoms with Gasteiger partial charge in [-0.1, -0.05) is 0 Å². The summed E-state index contributed by atoms with van der Waals surface area (Å²) in [6.45, 7) is 5.99. The lowest BCUT2D eigenvalue weighted by atomic mass is 10.0. The van der Waals surface area contributed by atoms with Crippen LogP contribution in [0.1, 0.15) is 47.7 Å². The molecule has 0 bridgehead atoms. The van der Waals surface area contributed by atoms with Crippen molar-refractivity contribution in [3.05, 3.63) is 47.9 Å². The monoisotopic (exact) mass is 441 g/mol. The Morgan fingerprint density at radius 1 is 1.38 bits per heavy atom. The van der Waals surface area contributed by atoms with E-state index in [1.54, 1.807) is 22.9 Å². The number of rotatable bonds is 8. The maximum absolute atomic E-state index is 14.7.